The van der Waals surface area contributed by atoms with Crippen LogP contribution in [0.15, 0.2) is 78.4 Å². The molecule has 7 heteroatoms. The summed E-state index contributed by atoms with van der Waals surface area (Å²) in [5, 5.41) is 11.5. The second-order valence-corrected chi connectivity index (χ2v) is 8.87. The topological polar surface area (TPSA) is 66.8 Å². The van der Waals surface area contributed by atoms with Crippen LogP contribution in [0.1, 0.15) is 31.0 Å². The van der Waals surface area contributed by atoms with Crippen LogP contribution in [0.2, 0.25) is 5.02 Å². The van der Waals surface area contributed by atoms with Gasteiger partial charge in [-0.25, -0.2) is 4.39 Å². The first-order valence-electron chi connectivity index (χ1n) is 10.8. The Hall–Kier alpha value is -3.64. The highest BCUT2D eigenvalue weighted by Gasteiger charge is 2.47. The van der Waals surface area contributed by atoms with Gasteiger partial charge in [-0.2, -0.15) is 0 Å². The van der Waals surface area contributed by atoms with E-state index in [1.165, 1.54) is 29.2 Å². The fraction of sp³-hybridized carbons (Fsp3) is 0.185. The third-order valence-electron chi connectivity index (χ3n) is 5.43. The van der Waals surface area contributed by atoms with Crippen LogP contribution in [0.25, 0.3) is 5.76 Å². The van der Waals surface area contributed by atoms with Crippen LogP contribution in [0, 0.1) is 11.7 Å². The van der Waals surface area contributed by atoms with Crippen LogP contribution in [0.4, 0.5) is 10.1 Å². The molecule has 0 radical (unpaired) electrons. The number of carbonyl (C=O) groups is 2. The lowest BCUT2D eigenvalue weighted by atomic mass is 9.95. The monoisotopic (exact) mass is 479 g/mol. The van der Waals surface area contributed by atoms with E-state index < -0.39 is 23.5 Å². The van der Waals surface area contributed by atoms with Gasteiger partial charge >= 0.3 is 0 Å². The van der Waals surface area contributed by atoms with E-state index in [0.717, 1.165) is 0 Å². The minimum atomic E-state index is -0.962. The molecule has 3 aromatic carbocycles. The Bertz CT molecular complexity index is 1250. The van der Waals surface area contributed by atoms with Gasteiger partial charge in [0.05, 0.1) is 18.2 Å². The number of carbonyl (C=O) groups excluding carboxylic acids is 2. The highest BCUT2D eigenvalue weighted by atomic mass is 35.5. The number of benzene rings is 3. The molecular weight excluding hydrogens is 457 g/mol. The first-order valence-corrected chi connectivity index (χ1v) is 11.2. The first kappa shape index (κ1) is 23.5. The molecule has 0 spiro atoms. The number of aliphatic hydroxyl groups excluding tert-OH is 1. The number of ether oxygens (including phenoxy) is 1. The molecule has 34 heavy (non-hydrogen) atoms. The van der Waals surface area contributed by atoms with Crippen molar-refractivity contribution in [1.82, 2.24) is 0 Å². The molecule has 1 N–H and O–H groups in total. The van der Waals surface area contributed by atoms with Crippen LogP contribution in [-0.2, 0) is 9.59 Å². The Balaban J connectivity index is 1.82. The van der Waals surface area contributed by atoms with Crippen molar-refractivity contribution in [1.29, 1.82) is 0 Å². The summed E-state index contributed by atoms with van der Waals surface area (Å²) in [5.41, 5.74) is 1.12. The fourth-order valence-electron chi connectivity index (χ4n) is 3.81. The smallest absolute Gasteiger partial charge is 0.300 e. The minimum absolute atomic E-state index is 0.0903. The van der Waals surface area contributed by atoms with Crippen molar-refractivity contribution in [2.75, 3.05) is 11.5 Å². The summed E-state index contributed by atoms with van der Waals surface area (Å²) >= 11 is 6.13. The zero-order valence-electron chi connectivity index (χ0n) is 18.7. The number of amides is 1. The van der Waals surface area contributed by atoms with E-state index in [1.54, 1.807) is 48.5 Å². The van der Waals surface area contributed by atoms with Gasteiger partial charge in [-0.15, -0.1) is 0 Å². The van der Waals surface area contributed by atoms with Gasteiger partial charge in [0.1, 0.15) is 17.3 Å². The Kier molecular flexibility index (Phi) is 6.70. The highest BCUT2D eigenvalue weighted by molar-refractivity contribution is 6.51. The molecule has 0 aromatic heterocycles. The summed E-state index contributed by atoms with van der Waals surface area (Å²) in [6, 6.07) is 17.6. The molecule has 1 aliphatic heterocycles. The van der Waals surface area contributed by atoms with Gasteiger partial charge in [0.15, 0.2) is 0 Å². The third kappa shape index (κ3) is 4.68. The summed E-state index contributed by atoms with van der Waals surface area (Å²) < 4.78 is 19.3. The SMILES string of the molecule is CC(C)COc1ccc(/C(O)=C2\C(=O)C(=O)N(c3cccc(Cl)c3)C2c2ccc(F)cc2)cc1. The molecule has 1 fully saturated rings. The predicted octanol–water partition coefficient (Wildman–Crippen LogP) is 6.14. The molecule has 174 valence electrons. The number of Topliss-reactive ketones (excluding diaryl/α,β-unsaturated/α-hetero) is 1. The number of halogens is 2. The number of hydrogen-bond acceptors (Lipinski definition) is 4. The quantitative estimate of drug-likeness (QED) is 0.262. The van der Waals surface area contributed by atoms with Crippen LogP contribution in [0.5, 0.6) is 5.75 Å². The summed E-state index contributed by atoms with van der Waals surface area (Å²) in [5.74, 6) is -1.46. The summed E-state index contributed by atoms with van der Waals surface area (Å²) in [4.78, 5) is 27.5. The average molecular weight is 480 g/mol. The third-order valence-corrected chi connectivity index (χ3v) is 5.66. The molecule has 1 unspecified atom stereocenters. The number of aliphatic hydroxyl groups is 1. The first-order chi connectivity index (χ1) is 16.3. The number of rotatable bonds is 6. The van der Waals surface area contributed by atoms with Crippen molar-refractivity contribution in [3.63, 3.8) is 0 Å². The van der Waals surface area contributed by atoms with Gasteiger partial charge in [0, 0.05) is 16.3 Å². The van der Waals surface area contributed by atoms with Crippen molar-refractivity contribution >= 4 is 34.7 Å². The Morgan fingerprint density at radius 1 is 1.06 bits per heavy atom. The normalized spacial score (nSPS) is 17.4. The van der Waals surface area contributed by atoms with Gasteiger partial charge in [-0.05, 0) is 66.1 Å². The summed E-state index contributed by atoms with van der Waals surface area (Å²) in [6.07, 6.45) is 0. The molecule has 5 nitrogen and oxygen atoms in total. The van der Waals surface area contributed by atoms with Gasteiger partial charge in [-0.3, -0.25) is 14.5 Å². The number of ketones is 1. The number of hydrogen-bond donors (Lipinski definition) is 1. The van der Waals surface area contributed by atoms with Gasteiger partial charge < -0.3 is 9.84 Å². The molecule has 3 aromatic rings. The van der Waals surface area contributed by atoms with Crippen molar-refractivity contribution in [2.45, 2.75) is 19.9 Å². The molecule has 1 heterocycles. The van der Waals surface area contributed by atoms with E-state index in [0.29, 0.717) is 40.1 Å². The molecule has 1 saturated heterocycles. The van der Waals surface area contributed by atoms with E-state index in [2.05, 4.69) is 0 Å². The summed E-state index contributed by atoms with van der Waals surface area (Å²) in [6.45, 7) is 4.61. The van der Waals surface area contributed by atoms with E-state index in [4.69, 9.17) is 16.3 Å². The maximum Gasteiger partial charge on any atom is 0.300 e. The van der Waals surface area contributed by atoms with E-state index in [-0.39, 0.29) is 11.3 Å². The molecule has 0 bridgehead atoms. The Morgan fingerprint density at radius 3 is 2.35 bits per heavy atom. The lowest BCUT2D eigenvalue weighted by molar-refractivity contribution is -0.132. The number of anilines is 1. The Morgan fingerprint density at radius 2 is 1.74 bits per heavy atom. The zero-order chi connectivity index (χ0) is 24.4. The second kappa shape index (κ2) is 9.69. The predicted molar refractivity (Wildman–Crippen MR) is 129 cm³/mol. The van der Waals surface area contributed by atoms with Crippen molar-refractivity contribution in [3.8, 4) is 5.75 Å². The molecule has 1 atom stereocenters. The largest absolute Gasteiger partial charge is 0.507 e. The molecular formula is C27H23ClFNO4. The van der Waals surface area contributed by atoms with Crippen molar-refractivity contribution in [3.05, 3.63) is 100 Å². The van der Waals surface area contributed by atoms with Crippen molar-refractivity contribution in [2.24, 2.45) is 5.92 Å². The fourth-order valence-corrected chi connectivity index (χ4v) is 4.00. The van der Waals surface area contributed by atoms with Gasteiger partial charge in [0.25, 0.3) is 11.7 Å². The van der Waals surface area contributed by atoms with E-state index in [9.17, 15) is 19.1 Å². The summed E-state index contributed by atoms with van der Waals surface area (Å²) in [7, 11) is 0. The Labute approximate surface area is 202 Å². The standard InChI is InChI=1S/C27H23ClFNO4/c1-16(2)15-34-22-12-8-18(9-13-22)25(31)23-24(17-6-10-20(29)11-7-17)30(27(33)26(23)32)21-5-3-4-19(28)14-21/h3-14,16,24,31H,15H2,1-2H3/b25-23+. The van der Waals surface area contributed by atoms with Crippen LogP contribution >= 0.6 is 11.6 Å². The van der Waals surface area contributed by atoms with Gasteiger partial charge in [0.2, 0.25) is 0 Å². The molecule has 0 aliphatic carbocycles. The lowest BCUT2D eigenvalue weighted by Crippen LogP contribution is -2.29. The molecule has 1 amide bonds. The van der Waals surface area contributed by atoms with Crippen LogP contribution in [-0.4, -0.2) is 23.4 Å². The lowest BCUT2D eigenvalue weighted by Gasteiger charge is -2.25. The van der Waals surface area contributed by atoms with Gasteiger partial charge in [-0.1, -0.05) is 43.6 Å². The highest BCUT2D eigenvalue weighted by Crippen LogP contribution is 2.42. The average Bonchev–Trinajstić information content (AvgIpc) is 3.08. The number of nitrogens with zero attached hydrogens (tertiary/aromatic N) is 1. The maximum absolute atomic E-state index is 13.6. The van der Waals surface area contributed by atoms with E-state index >= 15 is 0 Å². The van der Waals surface area contributed by atoms with Crippen molar-refractivity contribution < 1.29 is 23.8 Å². The molecule has 4 rings (SSSR count). The van der Waals surface area contributed by atoms with Crippen LogP contribution in [0.3, 0.4) is 0 Å². The minimum Gasteiger partial charge on any atom is -0.507 e. The zero-order valence-corrected chi connectivity index (χ0v) is 19.4. The van der Waals surface area contributed by atoms with Crippen LogP contribution < -0.4 is 9.64 Å². The van der Waals surface area contributed by atoms with E-state index in [1.807, 2.05) is 13.8 Å². The maximum atomic E-state index is 13.6. The molecule has 0 saturated carbocycles. The second-order valence-electron chi connectivity index (χ2n) is 8.43. The molecule has 1 aliphatic rings.